The molecule has 1 amide bonds. The van der Waals surface area contributed by atoms with E-state index in [2.05, 4.69) is 103 Å². The minimum atomic E-state index is 0.149. The second-order valence-electron chi connectivity index (χ2n) is 10.7. The summed E-state index contributed by atoms with van der Waals surface area (Å²) in [6.45, 7) is 8.50. The molecule has 1 N–H and O–H groups in total. The first-order valence-electron chi connectivity index (χ1n) is 14.0. The Hall–Kier alpha value is -3.74. The maximum absolute atomic E-state index is 13.1. The van der Waals surface area contributed by atoms with E-state index < -0.39 is 0 Å². The second kappa shape index (κ2) is 12.9. The van der Waals surface area contributed by atoms with Gasteiger partial charge in [0.1, 0.15) is 0 Å². The number of nitrogens with zero attached hydrogens (tertiary/aromatic N) is 4. The van der Waals surface area contributed by atoms with Crippen LogP contribution in [0.3, 0.4) is 0 Å². The topological polar surface area (TPSA) is 53.4 Å². The minimum absolute atomic E-state index is 0.149. The SMILES string of the molecule is CC(C)Cc1cc(CNCC(=O)N2CCN(C(c3ccccc3)c3ccccc3)CC2)nn1-c1ccccc1. The lowest BCUT2D eigenvalue weighted by Gasteiger charge is -2.39. The number of para-hydroxylation sites is 1. The lowest BCUT2D eigenvalue weighted by Crippen LogP contribution is -2.51. The van der Waals surface area contributed by atoms with Crippen molar-refractivity contribution < 1.29 is 4.79 Å². The number of hydrogen-bond acceptors (Lipinski definition) is 4. The van der Waals surface area contributed by atoms with Crippen LogP contribution in [0.5, 0.6) is 0 Å². The molecule has 0 unspecified atom stereocenters. The van der Waals surface area contributed by atoms with Crippen LogP contribution in [0.1, 0.15) is 42.4 Å². The van der Waals surface area contributed by atoms with Gasteiger partial charge in [-0.3, -0.25) is 9.69 Å². The Bertz CT molecular complexity index is 1270. The van der Waals surface area contributed by atoms with Gasteiger partial charge in [0.05, 0.1) is 24.0 Å². The van der Waals surface area contributed by atoms with Crippen molar-refractivity contribution in [1.82, 2.24) is 24.9 Å². The van der Waals surface area contributed by atoms with Crippen LogP contribution in [0.15, 0.2) is 97.1 Å². The highest BCUT2D eigenvalue weighted by Crippen LogP contribution is 2.29. The van der Waals surface area contributed by atoms with Crippen LogP contribution < -0.4 is 5.32 Å². The molecule has 4 aromatic rings. The first kappa shape index (κ1) is 26.9. The third-order valence-corrected chi connectivity index (χ3v) is 7.30. The summed E-state index contributed by atoms with van der Waals surface area (Å²) in [6.07, 6.45) is 0.956. The summed E-state index contributed by atoms with van der Waals surface area (Å²) >= 11 is 0. The van der Waals surface area contributed by atoms with Crippen molar-refractivity contribution >= 4 is 5.91 Å². The number of nitrogens with one attached hydrogen (secondary N) is 1. The van der Waals surface area contributed by atoms with Gasteiger partial charge in [-0.05, 0) is 41.7 Å². The van der Waals surface area contributed by atoms with E-state index >= 15 is 0 Å². The molecular weight excluding hydrogens is 482 g/mol. The predicted octanol–water partition coefficient (Wildman–Crippen LogP) is 5.09. The van der Waals surface area contributed by atoms with Crippen LogP contribution in [-0.2, 0) is 17.8 Å². The van der Waals surface area contributed by atoms with Gasteiger partial charge in [-0.2, -0.15) is 5.10 Å². The number of amides is 1. The Balaban J connectivity index is 1.17. The second-order valence-corrected chi connectivity index (χ2v) is 10.7. The molecule has 0 saturated carbocycles. The maximum Gasteiger partial charge on any atom is 0.236 e. The number of carbonyl (C=O) groups excluding carboxylic acids is 1. The van der Waals surface area contributed by atoms with Crippen molar-refractivity contribution in [3.05, 3.63) is 120 Å². The van der Waals surface area contributed by atoms with E-state index in [1.54, 1.807) is 0 Å². The fraction of sp³-hybridized carbons (Fsp3) is 0.333. The van der Waals surface area contributed by atoms with E-state index in [-0.39, 0.29) is 11.9 Å². The van der Waals surface area contributed by atoms with Crippen LogP contribution >= 0.6 is 0 Å². The van der Waals surface area contributed by atoms with Crippen LogP contribution in [0.4, 0.5) is 0 Å². The maximum atomic E-state index is 13.1. The van der Waals surface area contributed by atoms with Crippen LogP contribution in [0, 0.1) is 5.92 Å². The van der Waals surface area contributed by atoms with Gasteiger partial charge in [0.2, 0.25) is 5.91 Å². The number of hydrogen-bond donors (Lipinski definition) is 1. The summed E-state index contributed by atoms with van der Waals surface area (Å²) < 4.78 is 2.04. The van der Waals surface area contributed by atoms with Crippen molar-refractivity contribution in [3.8, 4) is 5.69 Å². The van der Waals surface area contributed by atoms with Gasteiger partial charge in [0, 0.05) is 38.4 Å². The third-order valence-electron chi connectivity index (χ3n) is 7.30. The Morgan fingerprint density at radius 3 is 1.95 bits per heavy atom. The van der Waals surface area contributed by atoms with E-state index in [1.165, 1.54) is 16.8 Å². The molecule has 202 valence electrons. The fourth-order valence-electron chi connectivity index (χ4n) is 5.44. The first-order valence-corrected chi connectivity index (χ1v) is 14.0. The molecule has 0 aliphatic carbocycles. The van der Waals surface area contributed by atoms with Gasteiger partial charge in [-0.15, -0.1) is 0 Å². The van der Waals surface area contributed by atoms with Crippen molar-refractivity contribution in [1.29, 1.82) is 0 Å². The number of aromatic nitrogens is 2. The minimum Gasteiger partial charge on any atom is -0.339 e. The molecule has 6 nitrogen and oxygen atoms in total. The van der Waals surface area contributed by atoms with E-state index in [9.17, 15) is 4.79 Å². The lowest BCUT2D eigenvalue weighted by molar-refractivity contribution is -0.132. The van der Waals surface area contributed by atoms with E-state index in [0.29, 0.717) is 19.0 Å². The summed E-state index contributed by atoms with van der Waals surface area (Å²) in [6, 6.07) is 33.9. The van der Waals surface area contributed by atoms with Crippen molar-refractivity contribution in [2.24, 2.45) is 5.92 Å². The first-order chi connectivity index (χ1) is 19.1. The number of carbonyl (C=O) groups is 1. The standard InChI is InChI=1S/C33H39N5O/c1-26(2)22-31-23-29(35-38(31)30-16-10-5-11-17-30)24-34-25-32(39)36-18-20-37(21-19-36)33(27-12-6-3-7-13-27)28-14-8-4-9-15-28/h3-17,23,26,33-34H,18-22,24-25H2,1-2H3. The van der Waals surface area contributed by atoms with Crippen LogP contribution in [-0.4, -0.2) is 58.2 Å². The van der Waals surface area contributed by atoms with Gasteiger partial charge in [-0.25, -0.2) is 4.68 Å². The number of rotatable bonds is 10. The highest BCUT2D eigenvalue weighted by Gasteiger charge is 2.28. The molecular formula is C33H39N5O. The predicted molar refractivity (Wildman–Crippen MR) is 157 cm³/mol. The molecule has 0 radical (unpaired) electrons. The quantitative estimate of drug-likeness (QED) is 0.316. The average molecular weight is 522 g/mol. The molecule has 1 saturated heterocycles. The van der Waals surface area contributed by atoms with E-state index in [4.69, 9.17) is 5.10 Å². The summed E-state index contributed by atoms with van der Waals surface area (Å²) in [7, 11) is 0. The molecule has 0 spiro atoms. The smallest absolute Gasteiger partial charge is 0.236 e. The zero-order chi connectivity index (χ0) is 27.0. The van der Waals surface area contributed by atoms with Crippen LogP contribution in [0.2, 0.25) is 0 Å². The summed E-state index contributed by atoms with van der Waals surface area (Å²) in [5, 5.41) is 8.20. The van der Waals surface area contributed by atoms with E-state index in [1.807, 2.05) is 27.8 Å². The normalized spacial score (nSPS) is 14.3. The molecule has 1 fully saturated rings. The van der Waals surface area contributed by atoms with Gasteiger partial charge >= 0.3 is 0 Å². The lowest BCUT2D eigenvalue weighted by atomic mass is 9.96. The van der Waals surface area contributed by atoms with E-state index in [0.717, 1.165) is 44.0 Å². The summed E-state index contributed by atoms with van der Waals surface area (Å²) in [4.78, 5) is 17.5. The van der Waals surface area contributed by atoms with Crippen molar-refractivity contribution in [3.63, 3.8) is 0 Å². The Labute approximate surface area is 232 Å². The number of piperazine rings is 1. The molecule has 3 aromatic carbocycles. The summed E-state index contributed by atoms with van der Waals surface area (Å²) in [5.74, 6) is 0.684. The van der Waals surface area contributed by atoms with Gasteiger partial charge in [0.15, 0.2) is 0 Å². The largest absolute Gasteiger partial charge is 0.339 e. The molecule has 39 heavy (non-hydrogen) atoms. The zero-order valence-corrected chi connectivity index (χ0v) is 23.0. The highest BCUT2D eigenvalue weighted by molar-refractivity contribution is 5.78. The molecule has 1 aliphatic heterocycles. The van der Waals surface area contributed by atoms with Gasteiger partial charge in [0.25, 0.3) is 0 Å². The number of benzene rings is 3. The zero-order valence-electron chi connectivity index (χ0n) is 23.0. The van der Waals surface area contributed by atoms with Gasteiger partial charge in [-0.1, -0.05) is 92.7 Å². The fourth-order valence-corrected chi connectivity index (χ4v) is 5.44. The molecule has 5 rings (SSSR count). The van der Waals surface area contributed by atoms with Crippen LogP contribution in [0.25, 0.3) is 5.69 Å². The third kappa shape index (κ3) is 6.83. The molecule has 1 aromatic heterocycles. The highest BCUT2D eigenvalue weighted by atomic mass is 16.2. The Morgan fingerprint density at radius 1 is 0.821 bits per heavy atom. The van der Waals surface area contributed by atoms with Crippen molar-refractivity contribution in [2.45, 2.75) is 32.9 Å². The Morgan fingerprint density at radius 2 is 1.38 bits per heavy atom. The average Bonchev–Trinajstić information content (AvgIpc) is 3.37. The molecule has 1 aliphatic rings. The summed E-state index contributed by atoms with van der Waals surface area (Å²) in [5.41, 5.74) is 5.80. The molecule has 2 heterocycles. The molecule has 6 heteroatoms. The van der Waals surface area contributed by atoms with Gasteiger partial charge < -0.3 is 10.2 Å². The Kier molecular flexibility index (Phi) is 8.86. The molecule has 0 atom stereocenters. The monoisotopic (exact) mass is 521 g/mol. The van der Waals surface area contributed by atoms with Crippen molar-refractivity contribution in [2.75, 3.05) is 32.7 Å². The molecule has 0 bridgehead atoms.